The standard InChI is InChI=1S/C20H28N2O5S/c1-4-26-17-7-5-6-8-18(17)27-12-11-22-15(2)13-16-9-10-19(25-3)20(14-16)28(21,23)24/h5-10,14-15,22H,4,11-13H2,1-3H3,(H2,21,23,24)/t15-/m1/s1/i5D,6D. The van der Waals surface area contributed by atoms with E-state index in [1.165, 1.54) is 25.3 Å². The van der Waals surface area contributed by atoms with E-state index in [-0.39, 0.29) is 28.8 Å². The van der Waals surface area contributed by atoms with E-state index in [1.54, 1.807) is 12.1 Å². The lowest BCUT2D eigenvalue weighted by molar-refractivity contribution is 0.272. The highest BCUT2D eigenvalue weighted by Gasteiger charge is 2.16. The molecule has 2 aromatic carbocycles. The molecule has 0 radical (unpaired) electrons. The van der Waals surface area contributed by atoms with E-state index in [0.717, 1.165) is 5.56 Å². The number of nitrogens with one attached hydrogen (secondary N) is 1. The maximum Gasteiger partial charge on any atom is 0.241 e. The van der Waals surface area contributed by atoms with Gasteiger partial charge < -0.3 is 19.5 Å². The Balaban J connectivity index is 1.92. The molecule has 0 aliphatic carbocycles. The second-order valence-electron chi connectivity index (χ2n) is 6.18. The average molecular weight is 411 g/mol. The van der Waals surface area contributed by atoms with Crippen LogP contribution in [0, 0.1) is 0 Å². The van der Waals surface area contributed by atoms with E-state index < -0.39 is 10.0 Å². The second kappa shape index (κ2) is 10.3. The first kappa shape index (κ1) is 19.0. The number of primary sulfonamides is 1. The molecule has 154 valence electrons. The summed E-state index contributed by atoms with van der Waals surface area (Å²) >= 11 is 0. The van der Waals surface area contributed by atoms with E-state index in [1.807, 2.05) is 13.8 Å². The molecule has 0 aliphatic heterocycles. The third-order valence-electron chi connectivity index (χ3n) is 3.96. The Bertz CT molecular complexity index is 970. The number of rotatable bonds is 11. The first-order valence-electron chi connectivity index (χ1n) is 9.95. The van der Waals surface area contributed by atoms with Gasteiger partial charge in [0.25, 0.3) is 0 Å². The number of hydrogen-bond donors (Lipinski definition) is 2. The highest BCUT2D eigenvalue weighted by Crippen LogP contribution is 2.26. The van der Waals surface area contributed by atoms with E-state index in [4.69, 9.17) is 22.1 Å². The SMILES string of the molecule is [2H]c1cc(OCC)c(OCCN[C@H](C)Cc2ccc(OC)c(S(N)(=O)=O)c2)cc1[2H]. The molecule has 28 heavy (non-hydrogen) atoms. The van der Waals surface area contributed by atoms with Gasteiger partial charge in [-0.2, -0.15) is 0 Å². The summed E-state index contributed by atoms with van der Waals surface area (Å²) in [7, 11) is -2.48. The third kappa shape index (κ3) is 6.40. The molecule has 2 aromatic rings. The highest BCUT2D eigenvalue weighted by molar-refractivity contribution is 7.89. The number of para-hydroxylation sites is 2. The fraction of sp³-hybridized carbons (Fsp3) is 0.400. The van der Waals surface area contributed by atoms with Crippen molar-refractivity contribution in [3.05, 3.63) is 48.0 Å². The van der Waals surface area contributed by atoms with Crippen molar-refractivity contribution >= 4 is 10.0 Å². The first-order chi connectivity index (χ1) is 14.2. The van der Waals surface area contributed by atoms with Gasteiger partial charge in [0.1, 0.15) is 17.3 Å². The number of hydrogen-bond acceptors (Lipinski definition) is 6. The van der Waals surface area contributed by atoms with Gasteiger partial charge in [-0.15, -0.1) is 0 Å². The Hall–Kier alpha value is -2.29. The molecule has 8 heteroatoms. The second-order valence-corrected chi connectivity index (χ2v) is 7.71. The number of benzene rings is 2. The molecule has 3 N–H and O–H groups in total. The van der Waals surface area contributed by atoms with Gasteiger partial charge in [0.15, 0.2) is 11.5 Å². The van der Waals surface area contributed by atoms with Crippen LogP contribution in [0.15, 0.2) is 47.3 Å². The summed E-state index contributed by atoms with van der Waals surface area (Å²) in [6, 6.07) is 8.06. The summed E-state index contributed by atoms with van der Waals surface area (Å²) in [5.41, 5.74) is 0.809. The van der Waals surface area contributed by atoms with Crippen molar-refractivity contribution in [3.8, 4) is 17.2 Å². The smallest absolute Gasteiger partial charge is 0.241 e. The number of sulfonamides is 1. The Kier molecular flexibility index (Phi) is 7.01. The Labute approximate surface area is 169 Å². The predicted octanol–water partition coefficient (Wildman–Crippen LogP) is 2.34. The van der Waals surface area contributed by atoms with Crippen molar-refractivity contribution in [3.63, 3.8) is 0 Å². The van der Waals surface area contributed by atoms with E-state index >= 15 is 0 Å². The van der Waals surface area contributed by atoms with Crippen LogP contribution < -0.4 is 24.7 Å². The topological polar surface area (TPSA) is 99.9 Å². The Morgan fingerprint density at radius 3 is 2.43 bits per heavy atom. The molecule has 1 atom stereocenters. The van der Waals surface area contributed by atoms with Gasteiger partial charge in [-0.1, -0.05) is 18.2 Å². The van der Waals surface area contributed by atoms with Crippen LogP contribution in [0.3, 0.4) is 0 Å². The number of ether oxygens (including phenoxy) is 3. The van der Waals surface area contributed by atoms with Crippen LogP contribution in [-0.2, 0) is 16.4 Å². The van der Waals surface area contributed by atoms with Crippen LogP contribution in [0.4, 0.5) is 0 Å². The van der Waals surface area contributed by atoms with E-state index in [9.17, 15) is 8.42 Å². The Morgan fingerprint density at radius 2 is 1.82 bits per heavy atom. The first-order valence-corrected chi connectivity index (χ1v) is 10.5. The summed E-state index contributed by atoms with van der Waals surface area (Å²) in [5.74, 6) is 1.09. The molecular weight excluding hydrogens is 380 g/mol. The molecule has 0 fully saturated rings. The zero-order chi connectivity index (χ0) is 22.3. The van der Waals surface area contributed by atoms with Crippen LogP contribution in [0.1, 0.15) is 22.2 Å². The monoisotopic (exact) mass is 410 g/mol. The minimum absolute atomic E-state index is 0.0366. The van der Waals surface area contributed by atoms with E-state index in [0.29, 0.717) is 37.7 Å². The zero-order valence-electron chi connectivity index (χ0n) is 18.3. The van der Waals surface area contributed by atoms with Crippen LogP contribution in [0.25, 0.3) is 0 Å². The van der Waals surface area contributed by atoms with Crippen LogP contribution in [0.2, 0.25) is 0 Å². The number of nitrogens with two attached hydrogens (primary N) is 1. The molecule has 0 unspecified atom stereocenters. The van der Waals surface area contributed by atoms with Crippen molar-refractivity contribution in [1.29, 1.82) is 0 Å². The maximum absolute atomic E-state index is 11.7. The van der Waals surface area contributed by atoms with Crippen LogP contribution in [0.5, 0.6) is 17.2 Å². The third-order valence-corrected chi connectivity index (χ3v) is 4.89. The molecule has 0 amide bonds. The summed E-state index contributed by atoms with van der Waals surface area (Å²) < 4.78 is 55.2. The van der Waals surface area contributed by atoms with Gasteiger partial charge in [-0.3, -0.25) is 0 Å². The molecule has 0 heterocycles. The van der Waals surface area contributed by atoms with Crippen molar-refractivity contribution in [1.82, 2.24) is 5.32 Å². The number of methoxy groups -OCH3 is 1. The van der Waals surface area contributed by atoms with Crippen molar-refractivity contribution in [2.24, 2.45) is 5.14 Å². The molecule has 0 aromatic heterocycles. The molecule has 0 saturated heterocycles. The predicted molar refractivity (Wildman–Crippen MR) is 109 cm³/mol. The summed E-state index contributed by atoms with van der Waals surface area (Å²) in [4.78, 5) is -0.0366. The van der Waals surface area contributed by atoms with Crippen molar-refractivity contribution < 1.29 is 25.4 Å². The molecule has 7 nitrogen and oxygen atoms in total. The highest BCUT2D eigenvalue weighted by atomic mass is 32.2. The minimum atomic E-state index is -3.88. The maximum atomic E-state index is 11.7. The molecular formula is C20H28N2O5S. The van der Waals surface area contributed by atoms with Gasteiger partial charge >= 0.3 is 0 Å². The quantitative estimate of drug-likeness (QED) is 0.552. The molecule has 2 rings (SSSR count). The van der Waals surface area contributed by atoms with E-state index in [2.05, 4.69) is 5.32 Å². The van der Waals surface area contributed by atoms with Crippen LogP contribution in [-0.4, -0.2) is 41.3 Å². The van der Waals surface area contributed by atoms with Gasteiger partial charge in [0.05, 0.1) is 16.5 Å². The van der Waals surface area contributed by atoms with Crippen molar-refractivity contribution in [2.75, 3.05) is 26.9 Å². The molecule has 0 saturated carbocycles. The lowest BCUT2D eigenvalue weighted by Crippen LogP contribution is -2.32. The fourth-order valence-corrected chi connectivity index (χ4v) is 3.45. The molecule has 0 aliphatic rings. The van der Waals surface area contributed by atoms with Gasteiger partial charge in [-0.05, 0) is 50.1 Å². The minimum Gasteiger partial charge on any atom is -0.495 e. The summed E-state index contributed by atoms with van der Waals surface area (Å²) in [6.07, 6.45) is 0.584. The van der Waals surface area contributed by atoms with Gasteiger partial charge in [0, 0.05) is 12.6 Å². The summed E-state index contributed by atoms with van der Waals surface area (Å²) in [5, 5.41) is 8.57. The lowest BCUT2D eigenvalue weighted by Gasteiger charge is -2.16. The van der Waals surface area contributed by atoms with Gasteiger partial charge in [0.2, 0.25) is 10.0 Å². The van der Waals surface area contributed by atoms with Crippen LogP contribution >= 0.6 is 0 Å². The zero-order valence-corrected chi connectivity index (χ0v) is 17.1. The largest absolute Gasteiger partial charge is 0.495 e. The van der Waals surface area contributed by atoms with Gasteiger partial charge in [-0.25, -0.2) is 13.6 Å². The molecule has 0 bridgehead atoms. The average Bonchev–Trinajstić information content (AvgIpc) is 2.68. The Morgan fingerprint density at radius 1 is 1.14 bits per heavy atom. The fourth-order valence-electron chi connectivity index (χ4n) is 2.70. The summed E-state index contributed by atoms with van der Waals surface area (Å²) in [6.45, 7) is 5.12. The normalized spacial score (nSPS) is 13.4. The van der Waals surface area contributed by atoms with Crippen molar-refractivity contribution in [2.45, 2.75) is 31.2 Å². The lowest BCUT2D eigenvalue weighted by atomic mass is 10.1. The molecule has 0 spiro atoms.